The van der Waals surface area contributed by atoms with Gasteiger partial charge < -0.3 is 14.6 Å². The lowest BCUT2D eigenvalue weighted by Gasteiger charge is -2.15. The van der Waals surface area contributed by atoms with Crippen molar-refractivity contribution in [1.29, 1.82) is 0 Å². The van der Waals surface area contributed by atoms with Gasteiger partial charge in [-0.1, -0.05) is 29.4 Å². The molecule has 0 radical (unpaired) electrons. The van der Waals surface area contributed by atoms with E-state index in [2.05, 4.69) is 10.5 Å². The number of halogens is 1. The smallest absolute Gasteiger partial charge is 0.340 e. The number of benzene rings is 2. The number of rotatable bonds is 7. The number of hydrogen-bond donors (Lipinski definition) is 1. The third-order valence-electron chi connectivity index (χ3n) is 3.94. The Balaban J connectivity index is 1.64. The molecule has 3 rings (SSSR count). The zero-order valence-electron chi connectivity index (χ0n) is 15.8. The molecule has 150 valence electrons. The molecule has 0 saturated heterocycles. The van der Waals surface area contributed by atoms with Crippen LogP contribution in [0.1, 0.15) is 28.7 Å². The van der Waals surface area contributed by atoms with Crippen molar-refractivity contribution >= 4 is 29.3 Å². The van der Waals surface area contributed by atoms with Crippen LogP contribution >= 0.6 is 11.8 Å². The Labute approximate surface area is 171 Å². The minimum absolute atomic E-state index is 0.0271. The minimum atomic E-state index is -1.10. The molecule has 1 heterocycles. The van der Waals surface area contributed by atoms with Gasteiger partial charge in [-0.05, 0) is 38.1 Å². The zero-order chi connectivity index (χ0) is 20.8. The zero-order valence-corrected chi connectivity index (χ0v) is 16.7. The van der Waals surface area contributed by atoms with E-state index < -0.39 is 23.8 Å². The number of anilines is 1. The van der Waals surface area contributed by atoms with Gasteiger partial charge in [0.25, 0.3) is 5.91 Å². The number of nitrogens with zero attached hydrogens (tertiary/aromatic N) is 1. The second-order valence-corrected chi connectivity index (χ2v) is 7.25. The number of carbonyl (C=O) groups is 2. The summed E-state index contributed by atoms with van der Waals surface area (Å²) < 4.78 is 24.0. The second-order valence-electron chi connectivity index (χ2n) is 6.23. The number of carbonyl (C=O) groups excluding carboxylic acids is 2. The molecule has 2 aromatic carbocycles. The fourth-order valence-electron chi connectivity index (χ4n) is 2.47. The molecule has 29 heavy (non-hydrogen) atoms. The van der Waals surface area contributed by atoms with Crippen LogP contribution in [0, 0.1) is 12.7 Å². The Morgan fingerprint density at radius 1 is 1.21 bits per heavy atom. The first-order valence-corrected chi connectivity index (χ1v) is 9.83. The summed E-state index contributed by atoms with van der Waals surface area (Å²) in [6.45, 7) is 3.24. The van der Waals surface area contributed by atoms with Crippen molar-refractivity contribution in [3.63, 3.8) is 0 Å². The summed E-state index contributed by atoms with van der Waals surface area (Å²) >= 11 is 1.41. The van der Waals surface area contributed by atoms with Crippen molar-refractivity contribution in [1.82, 2.24) is 5.16 Å². The molecule has 0 spiro atoms. The van der Waals surface area contributed by atoms with Gasteiger partial charge in [0.15, 0.2) is 6.10 Å². The molecule has 0 bridgehead atoms. The van der Waals surface area contributed by atoms with Gasteiger partial charge in [0.05, 0.1) is 16.9 Å². The van der Waals surface area contributed by atoms with Crippen LogP contribution in [0.2, 0.25) is 0 Å². The summed E-state index contributed by atoms with van der Waals surface area (Å²) in [4.78, 5) is 25.5. The normalized spacial score (nSPS) is 11.7. The Hall–Kier alpha value is -3.13. The van der Waals surface area contributed by atoms with E-state index in [0.717, 1.165) is 5.69 Å². The number of aromatic nitrogens is 1. The quantitative estimate of drug-likeness (QED) is 0.450. The van der Waals surface area contributed by atoms with Crippen LogP contribution in [0.5, 0.6) is 0 Å². The highest BCUT2D eigenvalue weighted by Gasteiger charge is 2.22. The maximum absolute atomic E-state index is 13.7. The van der Waals surface area contributed by atoms with Crippen molar-refractivity contribution in [3.05, 3.63) is 77.4 Å². The summed E-state index contributed by atoms with van der Waals surface area (Å²) in [5, 5.41) is 6.34. The maximum atomic E-state index is 13.7. The first-order chi connectivity index (χ1) is 13.9. The lowest BCUT2D eigenvalue weighted by Crippen LogP contribution is -2.30. The number of amides is 1. The Bertz CT molecular complexity index is 1020. The molecule has 0 unspecified atom stereocenters. The number of thioether (sulfide) groups is 1. The highest BCUT2D eigenvalue weighted by atomic mass is 32.2. The minimum Gasteiger partial charge on any atom is -0.449 e. The molecule has 0 aliphatic rings. The predicted molar refractivity (Wildman–Crippen MR) is 107 cm³/mol. The van der Waals surface area contributed by atoms with Crippen LogP contribution in [-0.4, -0.2) is 23.1 Å². The number of aryl methyl sites for hydroxylation is 1. The summed E-state index contributed by atoms with van der Waals surface area (Å²) in [5.41, 5.74) is 1.12. The maximum Gasteiger partial charge on any atom is 0.340 e. The predicted octanol–water partition coefficient (Wildman–Crippen LogP) is 4.60. The first-order valence-electron chi connectivity index (χ1n) is 8.84. The van der Waals surface area contributed by atoms with Gasteiger partial charge in [0, 0.05) is 16.7 Å². The van der Waals surface area contributed by atoms with Crippen molar-refractivity contribution in [2.45, 2.75) is 30.6 Å². The molecule has 1 amide bonds. The van der Waals surface area contributed by atoms with Gasteiger partial charge in [-0.15, -0.1) is 11.8 Å². The van der Waals surface area contributed by atoms with Crippen molar-refractivity contribution < 1.29 is 23.2 Å². The van der Waals surface area contributed by atoms with E-state index >= 15 is 0 Å². The van der Waals surface area contributed by atoms with Crippen LogP contribution in [0.3, 0.4) is 0 Å². The molecule has 3 aromatic rings. The molecule has 0 fully saturated rings. The van der Waals surface area contributed by atoms with Gasteiger partial charge in [0.2, 0.25) is 0 Å². The highest BCUT2D eigenvalue weighted by molar-refractivity contribution is 7.98. The van der Waals surface area contributed by atoms with Crippen molar-refractivity contribution in [2.24, 2.45) is 0 Å². The average molecular weight is 414 g/mol. The van der Waals surface area contributed by atoms with Crippen LogP contribution in [0.4, 0.5) is 10.1 Å². The van der Waals surface area contributed by atoms with Gasteiger partial charge in [-0.3, -0.25) is 4.79 Å². The van der Waals surface area contributed by atoms with E-state index in [4.69, 9.17) is 9.26 Å². The van der Waals surface area contributed by atoms with Crippen LogP contribution in [-0.2, 0) is 15.3 Å². The fraction of sp³-hybridized carbons (Fsp3) is 0.190. The largest absolute Gasteiger partial charge is 0.449 e. The molecule has 0 aliphatic heterocycles. The number of hydrogen-bond acceptors (Lipinski definition) is 6. The first kappa shape index (κ1) is 20.6. The molecule has 8 heteroatoms. The number of ether oxygens (including phenoxy) is 1. The summed E-state index contributed by atoms with van der Waals surface area (Å²) in [7, 11) is 0. The van der Waals surface area contributed by atoms with Crippen LogP contribution in [0.15, 0.2) is 64.0 Å². The van der Waals surface area contributed by atoms with Crippen molar-refractivity contribution in [3.8, 4) is 0 Å². The number of esters is 1. The van der Waals surface area contributed by atoms with Gasteiger partial charge in [-0.2, -0.15) is 0 Å². The van der Waals surface area contributed by atoms with Crippen molar-refractivity contribution in [2.75, 3.05) is 5.32 Å². The molecular weight excluding hydrogens is 395 g/mol. The molecule has 1 N–H and O–H groups in total. The lowest BCUT2D eigenvalue weighted by atomic mass is 10.2. The lowest BCUT2D eigenvalue weighted by molar-refractivity contribution is -0.123. The third-order valence-corrected chi connectivity index (χ3v) is 5.05. The Morgan fingerprint density at radius 2 is 1.93 bits per heavy atom. The molecule has 1 aromatic heterocycles. The molecule has 0 saturated carbocycles. The average Bonchev–Trinajstić information content (AvgIpc) is 3.13. The van der Waals surface area contributed by atoms with E-state index in [0.29, 0.717) is 22.0 Å². The summed E-state index contributed by atoms with van der Waals surface area (Å²) in [6, 6.07) is 14.5. The van der Waals surface area contributed by atoms with Gasteiger partial charge >= 0.3 is 5.97 Å². The van der Waals surface area contributed by atoms with Gasteiger partial charge in [-0.25, -0.2) is 9.18 Å². The molecular formula is C21H19FN2O4S. The SMILES string of the molecule is Cc1cc(CSc2ccccc2C(=O)O[C@@H](C)C(=O)Nc2ccccc2F)no1. The van der Waals surface area contributed by atoms with E-state index in [-0.39, 0.29) is 5.69 Å². The van der Waals surface area contributed by atoms with Crippen LogP contribution in [0.25, 0.3) is 0 Å². The summed E-state index contributed by atoms with van der Waals surface area (Å²) in [6.07, 6.45) is -1.10. The molecule has 1 atom stereocenters. The van der Waals surface area contributed by atoms with E-state index in [9.17, 15) is 14.0 Å². The fourth-order valence-corrected chi connectivity index (χ4v) is 3.39. The van der Waals surface area contributed by atoms with E-state index in [1.807, 2.05) is 12.1 Å². The Kier molecular flexibility index (Phi) is 6.66. The third kappa shape index (κ3) is 5.45. The van der Waals surface area contributed by atoms with E-state index in [1.165, 1.54) is 36.9 Å². The standard InChI is InChI=1S/C21H19FN2O4S/c1-13-11-15(24-28-13)12-29-19-10-6-3-7-16(19)21(26)27-14(2)20(25)23-18-9-5-4-8-17(18)22/h3-11,14H,12H2,1-2H3,(H,23,25)/t14-/m0/s1. The highest BCUT2D eigenvalue weighted by Crippen LogP contribution is 2.27. The number of nitrogens with one attached hydrogen (secondary N) is 1. The Morgan fingerprint density at radius 3 is 2.66 bits per heavy atom. The van der Waals surface area contributed by atoms with Crippen LogP contribution < -0.4 is 5.32 Å². The van der Waals surface area contributed by atoms with E-state index in [1.54, 1.807) is 31.2 Å². The monoisotopic (exact) mass is 414 g/mol. The topological polar surface area (TPSA) is 81.4 Å². The molecule has 0 aliphatic carbocycles. The molecule has 6 nitrogen and oxygen atoms in total. The second kappa shape index (κ2) is 9.38. The van der Waals surface area contributed by atoms with Gasteiger partial charge in [0.1, 0.15) is 11.6 Å². The summed E-state index contributed by atoms with van der Waals surface area (Å²) in [5.74, 6) is -0.593. The number of para-hydroxylation sites is 1.